The minimum atomic E-state index is -4.73. The molecular weight excluding hydrogens is 571 g/mol. The third-order valence-corrected chi connectivity index (χ3v) is 8.07. The van der Waals surface area contributed by atoms with Crippen molar-refractivity contribution in [1.29, 1.82) is 0 Å². The lowest BCUT2D eigenvalue weighted by Crippen LogP contribution is -2.28. The van der Waals surface area contributed by atoms with Gasteiger partial charge >= 0.3 is 12.1 Å². The maximum Gasteiger partial charge on any atom is 0.417 e. The zero-order valence-corrected chi connectivity index (χ0v) is 24.1. The van der Waals surface area contributed by atoms with E-state index in [4.69, 9.17) is 14.2 Å². The van der Waals surface area contributed by atoms with E-state index in [1.54, 1.807) is 0 Å². The first-order valence-electron chi connectivity index (χ1n) is 14.1. The summed E-state index contributed by atoms with van der Waals surface area (Å²) in [6.45, 7) is 2.79. The number of alkyl halides is 3. The van der Waals surface area contributed by atoms with Crippen LogP contribution in [-0.2, 0) is 28.5 Å². The zero-order valence-electron chi connectivity index (χ0n) is 24.1. The van der Waals surface area contributed by atoms with E-state index in [0.29, 0.717) is 37.9 Å². The Kier molecular flexibility index (Phi) is 8.44. The molecule has 0 saturated carbocycles. The van der Waals surface area contributed by atoms with Crippen LogP contribution in [0.15, 0.2) is 42.5 Å². The van der Waals surface area contributed by atoms with Gasteiger partial charge in [0.15, 0.2) is 17.4 Å². The van der Waals surface area contributed by atoms with Crippen LogP contribution in [0, 0.1) is 11.6 Å². The molecule has 0 saturated heterocycles. The molecule has 0 bridgehead atoms. The third kappa shape index (κ3) is 6.64. The molecule has 0 amide bonds. The summed E-state index contributed by atoms with van der Waals surface area (Å²) in [7, 11) is 1.35. The van der Waals surface area contributed by atoms with E-state index < -0.39 is 41.3 Å². The molecule has 5 nitrogen and oxygen atoms in total. The van der Waals surface area contributed by atoms with Crippen LogP contribution >= 0.6 is 0 Å². The van der Waals surface area contributed by atoms with Crippen molar-refractivity contribution in [1.82, 2.24) is 0 Å². The monoisotopic (exact) mass is 604 g/mol. The van der Waals surface area contributed by atoms with E-state index in [1.807, 2.05) is 18.2 Å². The number of aliphatic hydroxyl groups is 1. The van der Waals surface area contributed by atoms with Crippen LogP contribution in [0.4, 0.5) is 22.0 Å². The second-order valence-corrected chi connectivity index (χ2v) is 11.9. The predicted molar refractivity (Wildman–Crippen MR) is 149 cm³/mol. The van der Waals surface area contributed by atoms with Crippen LogP contribution in [0.3, 0.4) is 0 Å². The number of aryl methyl sites for hydroxylation is 1. The Hall–Kier alpha value is -3.66. The minimum Gasteiger partial charge on any atom is -0.493 e. The minimum absolute atomic E-state index is 0.0404. The Morgan fingerprint density at radius 1 is 1.02 bits per heavy atom. The largest absolute Gasteiger partial charge is 0.493 e. The number of ether oxygens (including phenoxy) is 3. The summed E-state index contributed by atoms with van der Waals surface area (Å²) in [6.07, 6.45) is -2.26. The Bertz CT molecular complexity index is 1500. The summed E-state index contributed by atoms with van der Waals surface area (Å²) in [5, 5.41) is 9.84. The van der Waals surface area contributed by atoms with Gasteiger partial charge in [-0.15, -0.1) is 0 Å². The van der Waals surface area contributed by atoms with E-state index in [9.17, 15) is 31.9 Å². The first kappa shape index (κ1) is 30.8. The van der Waals surface area contributed by atoms with Gasteiger partial charge in [0.05, 0.1) is 31.3 Å². The standard InChI is InChI=1S/C33H33F5O5/c1-32(2,40)17-43-31-26(34)13-20(14-27(31)35)30-24-9-7-19(22(24)10-11-25(30)33(36,37)38)6-4-18-5-8-23-21(15-29(39)41-3)16-42-28(23)12-18/h5,8,10-14,19,21,40H,4,6-7,9,15-17H2,1-3H3/t19-,21-/m1/s1. The Morgan fingerprint density at radius 2 is 1.72 bits per heavy atom. The molecule has 2 atom stereocenters. The fourth-order valence-electron chi connectivity index (χ4n) is 6.02. The number of halogens is 5. The maximum absolute atomic E-state index is 15.0. The van der Waals surface area contributed by atoms with Crippen molar-refractivity contribution < 1.29 is 46.1 Å². The number of methoxy groups -OCH3 is 1. The molecule has 0 spiro atoms. The topological polar surface area (TPSA) is 65.0 Å². The number of hydrogen-bond acceptors (Lipinski definition) is 5. The van der Waals surface area contributed by atoms with Crippen molar-refractivity contribution in [3.05, 3.63) is 81.9 Å². The lowest BCUT2D eigenvalue weighted by atomic mass is 9.88. The summed E-state index contributed by atoms with van der Waals surface area (Å²) >= 11 is 0. The molecule has 43 heavy (non-hydrogen) atoms. The van der Waals surface area contributed by atoms with E-state index in [-0.39, 0.29) is 35.4 Å². The summed E-state index contributed by atoms with van der Waals surface area (Å²) in [6, 6.07) is 10.0. The molecule has 230 valence electrons. The van der Waals surface area contributed by atoms with E-state index in [0.717, 1.165) is 40.6 Å². The first-order valence-corrected chi connectivity index (χ1v) is 14.1. The van der Waals surface area contributed by atoms with Gasteiger partial charge < -0.3 is 19.3 Å². The number of benzene rings is 3. The predicted octanol–water partition coefficient (Wildman–Crippen LogP) is 7.50. The second kappa shape index (κ2) is 11.8. The number of fused-ring (bicyclic) bond motifs is 2. The highest BCUT2D eigenvalue weighted by atomic mass is 19.4. The first-order chi connectivity index (χ1) is 20.2. The Labute approximate surface area is 246 Å². The van der Waals surface area contributed by atoms with Gasteiger partial charge in [0, 0.05) is 11.5 Å². The highest BCUT2D eigenvalue weighted by Crippen LogP contribution is 2.48. The van der Waals surface area contributed by atoms with Gasteiger partial charge in [0.1, 0.15) is 12.4 Å². The zero-order chi connectivity index (χ0) is 31.1. The molecule has 10 heteroatoms. The fourth-order valence-corrected chi connectivity index (χ4v) is 6.02. The lowest BCUT2D eigenvalue weighted by molar-refractivity contribution is -0.141. The van der Waals surface area contributed by atoms with E-state index in [1.165, 1.54) is 27.0 Å². The van der Waals surface area contributed by atoms with Gasteiger partial charge in [-0.25, -0.2) is 8.78 Å². The van der Waals surface area contributed by atoms with E-state index in [2.05, 4.69) is 0 Å². The van der Waals surface area contributed by atoms with Crippen molar-refractivity contribution in [2.45, 2.75) is 69.6 Å². The summed E-state index contributed by atoms with van der Waals surface area (Å²) in [5.74, 6) is -2.75. The van der Waals surface area contributed by atoms with Crippen molar-refractivity contribution in [3.63, 3.8) is 0 Å². The molecule has 2 aliphatic rings. The fraction of sp³-hybridized carbons (Fsp3) is 0.424. The number of carbonyl (C=O) groups excluding carboxylic acids is 1. The quantitative estimate of drug-likeness (QED) is 0.202. The van der Waals surface area contributed by atoms with Crippen molar-refractivity contribution in [3.8, 4) is 22.6 Å². The lowest BCUT2D eigenvalue weighted by Gasteiger charge is -2.21. The molecule has 0 radical (unpaired) electrons. The summed E-state index contributed by atoms with van der Waals surface area (Å²) < 4.78 is 88.1. The number of carbonyl (C=O) groups is 1. The van der Waals surface area contributed by atoms with Gasteiger partial charge in [-0.1, -0.05) is 18.2 Å². The average molecular weight is 605 g/mol. The molecule has 1 heterocycles. The van der Waals surface area contributed by atoms with Crippen molar-refractivity contribution in [2.75, 3.05) is 20.3 Å². The van der Waals surface area contributed by atoms with Crippen molar-refractivity contribution in [2.24, 2.45) is 0 Å². The Morgan fingerprint density at radius 3 is 2.37 bits per heavy atom. The van der Waals surface area contributed by atoms with Gasteiger partial charge in [0.25, 0.3) is 0 Å². The maximum atomic E-state index is 15.0. The van der Waals surface area contributed by atoms with Crippen LogP contribution < -0.4 is 9.47 Å². The molecule has 5 rings (SSSR count). The van der Waals surface area contributed by atoms with Gasteiger partial charge in [-0.3, -0.25) is 4.79 Å². The number of esters is 1. The van der Waals surface area contributed by atoms with Crippen LogP contribution in [0.25, 0.3) is 11.1 Å². The van der Waals surface area contributed by atoms with Crippen LogP contribution in [0.5, 0.6) is 11.5 Å². The van der Waals surface area contributed by atoms with Crippen molar-refractivity contribution >= 4 is 5.97 Å². The molecule has 3 aromatic carbocycles. The molecule has 1 N–H and O–H groups in total. The average Bonchev–Trinajstić information content (AvgIpc) is 3.53. The van der Waals surface area contributed by atoms with Crippen LogP contribution in [-0.4, -0.2) is 37.0 Å². The number of hydrogen-bond donors (Lipinski definition) is 1. The molecule has 1 aliphatic heterocycles. The summed E-state index contributed by atoms with van der Waals surface area (Å²) in [4.78, 5) is 11.7. The third-order valence-electron chi connectivity index (χ3n) is 8.07. The molecule has 1 aliphatic carbocycles. The molecular formula is C33H33F5O5. The SMILES string of the molecule is COC(=O)C[C@@H]1COc2cc(CC[C@@H]3CCc4c3ccc(C(F)(F)F)c4-c3cc(F)c(OCC(C)(C)O)c(F)c3)ccc21. The highest BCUT2D eigenvalue weighted by molar-refractivity contribution is 5.75. The van der Waals surface area contributed by atoms with Gasteiger partial charge in [-0.05, 0) is 97.5 Å². The molecule has 0 aromatic heterocycles. The van der Waals surface area contributed by atoms with Gasteiger partial charge in [-0.2, -0.15) is 13.2 Å². The normalized spacial score (nSPS) is 17.8. The highest BCUT2D eigenvalue weighted by Gasteiger charge is 2.38. The van der Waals surface area contributed by atoms with E-state index >= 15 is 0 Å². The molecule has 0 fully saturated rings. The van der Waals surface area contributed by atoms with Crippen LogP contribution in [0.2, 0.25) is 0 Å². The van der Waals surface area contributed by atoms with Crippen LogP contribution in [0.1, 0.15) is 72.8 Å². The second-order valence-electron chi connectivity index (χ2n) is 11.9. The molecule has 3 aromatic rings. The number of rotatable bonds is 9. The summed E-state index contributed by atoms with van der Waals surface area (Å²) in [5.41, 5.74) is 0.372. The smallest absolute Gasteiger partial charge is 0.417 e. The van der Waals surface area contributed by atoms with Gasteiger partial charge in [0.2, 0.25) is 0 Å². The Balaban J connectivity index is 1.40. The molecule has 0 unspecified atom stereocenters.